The molecule has 0 saturated carbocycles. The van der Waals surface area contributed by atoms with Crippen LogP contribution in [0.25, 0.3) is 0 Å². The summed E-state index contributed by atoms with van der Waals surface area (Å²) >= 11 is 0. The molecule has 19 heavy (non-hydrogen) atoms. The minimum Gasteiger partial charge on any atom is -0.465 e. The second-order valence-corrected chi connectivity index (χ2v) is 5.82. The van der Waals surface area contributed by atoms with E-state index in [-0.39, 0.29) is 5.97 Å². The Kier molecular flexibility index (Phi) is 3.68. The third-order valence-electron chi connectivity index (χ3n) is 4.36. The van der Waals surface area contributed by atoms with Gasteiger partial charge in [-0.25, -0.2) is 0 Å². The van der Waals surface area contributed by atoms with Crippen molar-refractivity contribution in [1.29, 1.82) is 0 Å². The Morgan fingerprint density at radius 1 is 1.37 bits per heavy atom. The molecule has 1 atom stereocenters. The van der Waals surface area contributed by atoms with Gasteiger partial charge in [0, 0.05) is 6.42 Å². The molecule has 0 fully saturated rings. The van der Waals surface area contributed by atoms with Crippen molar-refractivity contribution in [3.63, 3.8) is 0 Å². The third kappa shape index (κ3) is 2.39. The summed E-state index contributed by atoms with van der Waals surface area (Å²) in [5.41, 5.74) is 0.477. The van der Waals surface area contributed by atoms with Gasteiger partial charge in [-0.2, -0.15) is 0 Å². The molecule has 1 aromatic carbocycles. The number of aryl methyl sites for hydroxylation is 1. The fourth-order valence-electron chi connectivity index (χ4n) is 2.75. The van der Waals surface area contributed by atoms with Crippen LogP contribution < -0.4 is 0 Å². The van der Waals surface area contributed by atoms with Gasteiger partial charge in [0.15, 0.2) is 0 Å². The monoisotopic (exact) mass is 262 g/mol. The lowest BCUT2D eigenvalue weighted by Gasteiger charge is -2.43. The van der Waals surface area contributed by atoms with E-state index in [9.17, 15) is 9.90 Å². The average Bonchev–Trinajstić information content (AvgIpc) is 2.38. The van der Waals surface area contributed by atoms with Gasteiger partial charge in [-0.1, -0.05) is 24.3 Å². The Bertz CT molecular complexity index is 479. The summed E-state index contributed by atoms with van der Waals surface area (Å²) in [4.78, 5) is 12.1. The van der Waals surface area contributed by atoms with E-state index in [2.05, 4.69) is 6.07 Å². The summed E-state index contributed by atoms with van der Waals surface area (Å²) in [6.45, 7) is 5.68. The molecule has 1 aliphatic carbocycles. The molecule has 1 aliphatic rings. The van der Waals surface area contributed by atoms with Crippen molar-refractivity contribution in [3.05, 3.63) is 35.4 Å². The summed E-state index contributed by atoms with van der Waals surface area (Å²) in [6.07, 6.45) is 1.90. The number of carbonyl (C=O) groups is 1. The summed E-state index contributed by atoms with van der Waals surface area (Å²) in [5.74, 6) is -0.322. The van der Waals surface area contributed by atoms with Crippen LogP contribution in [0, 0.1) is 5.41 Å². The molecule has 104 valence electrons. The van der Waals surface area contributed by atoms with E-state index < -0.39 is 11.0 Å². The molecule has 0 spiro atoms. The van der Waals surface area contributed by atoms with Gasteiger partial charge in [0.05, 0.1) is 17.6 Å². The van der Waals surface area contributed by atoms with Crippen LogP contribution in [0.1, 0.15) is 38.3 Å². The van der Waals surface area contributed by atoms with E-state index in [1.807, 2.05) is 18.2 Å². The molecule has 0 radical (unpaired) electrons. The first kappa shape index (κ1) is 14.1. The minimum absolute atomic E-state index is 0.322. The zero-order valence-electron chi connectivity index (χ0n) is 11.9. The highest BCUT2D eigenvalue weighted by Gasteiger charge is 2.50. The van der Waals surface area contributed by atoms with Crippen LogP contribution in [0.4, 0.5) is 0 Å². The number of esters is 1. The molecule has 0 heterocycles. The van der Waals surface area contributed by atoms with Gasteiger partial charge >= 0.3 is 5.97 Å². The highest BCUT2D eigenvalue weighted by atomic mass is 16.5. The standard InChI is InChI=1S/C16H22O3/c1-4-19-14(17)15(2,3)16(18)10-9-12-7-5-6-8-13(12)11-16/h5-8,18H,4,9-11H2,1-3H3. The largest absolute Gasteiger partial charge is 0.465 e. The van der Waals surface area contributed by atoms with Crippen LogP contribution in [0.5, 0.6) is 0 Å². The second-order valence-electron chi connectivity index (χ2n) is 5.82. The molecule has 2 rings (SSSR count). The van der Waals surface area contributed by atoms with Gasteiger partial charge in [0.2, 0.25) is 0 Å². The van der Waals surface area contributed by atoms with Gasteiger partial charge in [0.25, 0.3) is 0 Å². The maximum Gasteiger partial charge on any atom is 0.314 e. The summed E-state index contributed by atoms with van der Waals surface area (Å²) in [7, 11) is 0. The van der Waals surface area contributed by atoms with Crippen molar-refractivity contribution < 1.29 is 14.6 Å². The lowest BCUT2D eigenvalue weighted by Crippen LogP contribution is -2.53. The van der Waals surface area contributed by atoms with Crippen LogP contribution in [0.3, 0.4) is 0 Å². The zero-order chi connectivity index (χ0) is 14.1. The Balaban J connectivity index is 2.28. The van der Waals surface area contributed by atoms with Crippen LogP contribution >= 0.6 is 0 Å². The van der Waals surface area contributed by atoms with Crippen molar-refractivity contribution in [1.82, 2.24) is 0 Å². The van der Waals surface area contributed by atoms with Gasteiger partial charge in [-0.15, -0.1) is 0 Å². The van der Waals surface area contributed by atoms with E-state index in [1.165, 1.54) is 5.56 Å². The minimum atomic E-state index is -1.03. The van der Waals surface area contributed by atoms with Crippen LogP contribution in [0.15, 0.2) is 24.3 Å². The number of fused-ring (bicyclic) bond motifs is 1. The quantitative estimate of drug-likeness (QED) is 0.851. The van der Waals surface area contributed by atoms with Gasteiger partial charge in [0.1, 0.15) is 0 Å². The van der Waals surface area contributed by atoms with Crippen LogP contribution in [0.2, 0.25) is 0 Å². The van der Waals surface area contributed by atoms with Crippen LogP contribution in [-0.2, 0) is 22.4 Å². The highest BCUT2D eigenvalue weighted by Crippen LogP contribution is 2.42. The average molecular weight is 262 g/mol. The van der Waals surface area contributed by atoms with Crippen molar-refractivity contribution >= 4 is 5.97 Å². The summed E-state index contributed by atoms with van der Waals surface area (Å²) in [6, 6.07) is 8.11. The Morgan fingerprint density at radius 3 is 2.63 bits per heavy atom. The molecule has 3 heteroatoms. The molecule has 0 amide bonds. The molecular weight excluding hydrogens is 240 g/mol. The number of carbonyl (C=O) groups excluding carboxylic acids is 1. The first-order valence-electron chi connectivity index (χ1n) is 6.87. The predicted octanol–water partition coefficient (Wildman–Crippen LogP) is 2.50. The van der Waals surface area contributed by atoms with Crippen molar-refractivity contribution in [2.24, 2.45) is 5.41 Å². The van der Waals surface area contributed by atoms with Gasteiger partial charge in [-0.3, -0.25) is 4.79 Å². The van der Waals surface area contributed by atoms with E-state index in [0.29, 0.717) is 19.4 Å². The maximum absolute atomic E-state index is 12.1. The third-order valence-corrected chi connectivity index (χ3v) is 4.36. The topological polar surface area (TPSA) is 46.5 Å². The number of rotatable bonds is 3. The highest BCUT2D eigenvalue weighted by molar-refractivity contribution is 5.77. The van der Waals surface area contributed by atoms with E-state index in [0.717, 1.165) is 12.0 Å². The van der Waals surface area contributed by atoms with Crippen molar-refractivity contribution in [2.75, 3.05) is 6.61 Å². The zero-order valence-corrected chi connectivity index (χ0v) is 11.9. The Labute approximate surface area is 114 Å². The normalized spacial score (nSPS) is 22.7. The number of hydrogen-bond donors (Lipinski definition) is 1. The summed E-state index contributed by atoms with van der Waals surface area (Å²) in [5, 5.41) is 10.9. The van der Waals surface area contributed by atoms with Crippen molar-refractivity contribution in [3.8, 4) is 0 Å². The number of hydrogen-bond acceptors (Lipinski definition) is 3. The first-order valence-corrected chi connectivity index (χ1v) is 6.87. The lowest BCUT2D eigenvalue weighted by molar-refractivity contribution is -0.172. The van der Waals surface area contributed by atoms with Gasteiger partial charge in [-0.05, 0) is 44.7 Å². The fraction of sp³-hybridized carbons (Fsp3) is 0.562. The van der Waals surface area contributed by atoms with Crippen molar-refractivity contribution in [2.45, 2.75) is 45.6 Å². The molecule has 1 N–H and O–H groups in total. The Morgan fingerprint density at radius 2 is 2.00 bits per heavy atom. The maximum atomic E-state index is 12.1. The summed E-state index contributed by atoms with van der Waals surface area (Å²) < 4.78 is 5.11. The fourth-order valence-corrected chi connectivity index (χ4v) is 2.75. The lowest BCUT2D eigenvalue weighted by atomic mass is 9.66. The number of ether oxygens (including phenoxy) is 1. The SMILES string of the molecule is CCOC(=O)C(C)(C)C1(O)CCc2ccccc2C1. The Hall–Kier alpha value is -1.35. The van der Waals surface area contributed by atoms with Gasteiger partial charge < -0.3 is 9.84 Å². The number of aliphatic hydroxyl groups is 1. The van der Waals surface area contributed by atoms with E-state index in [4.69, 9.17) is 4.74 Å². The molecule has 0 bridgehead atoms. The molecule has 0 aromatic heterocycles. The first-order chi connectivity index (χ1) is 8.90. The molecule has 0 saturated heterocycles. The smallest absolute Gasteiger partial charge is 0.314 e. The number of benzene rings is 1. The van der Waals surface area contributed by atoms with Crippen LogP contribution in [-0.4, -0.2) is 23.3 Å². The predicted molar refractivity (Wildman–Crippen MR) is 73.8 cm³/mol. The van der Waals surface area contributed by atoms with E-state index >= 15 is 0 Å². The molecule has 3 nitrogen and oxygen atoms in total. The molecular formula is C16H22O3. The second kappa shape index (κ2) is 4.97. The molecule has 0 aliphatic heterocycles. The van der Waals surface area contributed by atoms with E-state index in [1.54, 1.807) is 20.8 Å². The molecule has 1 unspecified atom stereocenters. The molecule has 1 aromatic rings.